The predicted molar refractivity (Wildman–Crippen MR) is 84.8 cm³/mol. The molecule has 0 amide bonds. The van der Waals surface area contributed by atoms with Gasteiger partial charge in [0.05, 0.1) is 4.90 Å². The first-order valence-electron chi connectivity index (χ1n) is 7.11. The number of sulfonamides is 1. The first-order chi connectivity index (χ1) is 9.69. The zero-order valence-electron chi connectivity index (χ0n) is 13.2. The minimum atomic E-state index is -3.49. The van der Waals surface area contributed by atoms with Crippen LogP contribution < -0.4 is 15.2 Å². The molecule has 0 aliphatic carbocycles. The maximum atomic E-state index is 12.3. The van der Waals surface area contributed by atoms with Crippen molar-refractivity contribution in [1.29, 1.82) is 0 Å². The summed E-state index contributed by atoms with van der Waals surface area (Å²) in [5, 5.41) is 0. The molecule has 0 aliphatic heterocycles. The Labute approximate surface area is 127 Å². The molecule has 5 nitrogen and oxygen atoms in total. The van der Waals surface area contributed by atoms with Crippen molar-refractivity contribution in [2.45, 2.75) is 32.6 Å². The average Bonchev–Trinajstić information content (AvgIpc) is 2.43. The van der Waals surface area contributed by atoms with Gasteiger partial charge in [-0.2, -0.15) is 0 Å². The Hall–Kier alpha value is -1.11. The molecule has 120 valence electrons. The zero-order chi connectivity index (χ0) is 16.1. The highest BCUT2D eigenvalue weighted by Crippen LogP contribution is 2.25. The number of hydrogen-bond donors (Lipinski definition) is 2. The van der Waals surface area contributed by atoms with E-state index in [-0.39, 0.29) is 10.3 Å². The molecule has 1 aromatic carbocycles. The maximum Gasteiger partial charge on any atom is 0.240 e. The molecule has 3 N–H and O–H groups in total. The molecule has 1 rings (SSSR count). The molecule has 0 heterocycles. The molecule has 6 heteroatoms. The SMILES string of the molecule is CC(C)C(C)(C)CNS(=O)(=O)c1ccc(OCCN)cc1. The lowest BCUT2D eigenvalue weighted by atomic mass is 9.81. The van der Waals surface area contributed by atoms with Gasteiger partial charge in [0.15, 0.2) is 0 Å². The Bertz CT molecular complexity index is 537. The van der Waals surface area contributed by atoms with Crippen molar-refractivity contribution in [1.82, 2.24) is 4.72 Å². The lowest BCUT2D eigenvalue weighted by molar-refractivity contribution is 0.252. The second-order valence-corrected chi connectivity index (χ2v) is 7.84. The molecule has 0 aliphatic rings. The molecule has 21 heavy (non-hydrogen) atoms. The lowest BCUT2D eigenvalue weighted by Crippen LogP contribution is -2.36. The highest BCUT2D eigenvalue weighted by atomic mass is 32.2. The highest BCUT2D eigenvalue weighted by Gasteiger charge is 2.25. The summed E-state index contributed by atoms with van der Waals surface area (Å²) in [6, 6.07) is 6.35. The molecule has 0 saturated carbocycles. The summed E-state index contributed by atoms with van der Waals surface area (Å²) < 4.78 is 32.5. The first-order valence-corrected chi connectivity index (χ1v) is 8.60. The normalized spacial score (nSPS) is 12.7. The smallest absolute Gasteiger partial charge is 0.240 e. The molecule has 0 aromatic heterocycles. The van der Waals surface area contributed by atoms with Gasteiger partial charge < -0.3 is 10.5 Å². The van der Waals surface area contributed by atoms with E-state index in [0.29, 0.717) is 31.4 Å². The maximum absolute atomic E-state index is 12.3. The van der Waals surface area contributed by atoms with Gasteiger partial charge in [-0.15, -0.1) is 0 Å². The summed E-state index contributed by atoms with van der Waals surface area (Å²) in [6.45, 7) is 9.49. The number of hydrogen-bond acceptors (Lipinski definition) is 4. The number of nitrogens with two attached hydrogens (primary N) is 1. The van der Waals surface area contributed by atoms with Crippen LogP contribution in [-0.4, -0.2) is 28.1 Å². The van der Waals surface area contributed by atoms with E-state index in [0.717, 1.165) is 0 Å². The van der Waals surface area contributed by atoms with Crippen LogP contribution in [0.3, 0.4) is 0 Å². The third-order valence-electron chi connectivity index (χ3n) is 3.80. The predicted octanol–water partition coefficient (Wildman–Crippen LogP) is 1.98. The van der Waals surface area contributed by atoms with Gasteiger partial charge in [0, 0.05) is 13.1 Å². The van der Waals surface area contributed by atoms with Crippen LogP contribution in [0.4, 0.5) is 0 Å². The molecule has 0 fully saturated rings. The van der Waals surface area contributed by atoms with Crippen molar-refractivity contribution < 1.29 is 13.2 Å². The number of nitrogens with one attached hydrogen (secondary N) is 1. The van der Waals surface area contributed by atoms with E-state index in [1.165, 1.54) is 12.1 Å². The van der Waals surface area contributed by atoms with Crippen molar-refractivity contribution in [2.75, 3.05) is 19.7 Å². The Morgan fingerprint density at radius 2 is 1.81 bits per heavy atom. The van der Waals surface area contributed by atoms with Crippen molar-refractivity contribution in [3.05, 3.63) is 24.3 Å². The van der Waals surface area contributed by atoms with Gasteiger partial charge in [-0.1, -0.05) is 27.7 Å². The third kappa shape index (κ3) is 5.30. The summed E-state index contributed by atoms with van der Waals surface area (Å²) in [7, 11) is -3.49. The van der Waals surface area contributed by atoms with E-state index >= 15 is 0 Å². The third-order valence-corrected chi connectivity index (χ3v) is 5.22. The van der Waals surface area contributed by atoms with Gasteiger partial charge in [-0.05, 0) is 35.6 Å². The van der Waals surface area contributed by atoms with Crippen molar-refractivity contribution in [3.8, 4) is 5.75 Å². The van der Waals surface area contributed by atoms with E-state index in [4.69, 9.17) is 10.5 Å². The molecule has 0 saturated heterocycles. The monoisotopic (exact) mass is 314 g/mol. The number of benzene rings is 1. The van der Waals surface area contributed by atoms with Crippen LogP contribution in [0.15, 0.2) is 29.2 Å². The van der Waals surface area contributed by atoms with Gasteiger partial charge >= 0.3 is 0 Å². The molecule has 0 bridgehead atoms. The number of rotatable bonds is 8. The average molecular weight is 314 g/mol. The quantitative estimate of drug-likeness (QED) is 0.769. The van der Waals surface area contributed by atoms with Gasteiger partial charge in [0.1, 0.15) is 12.4 Å². The lowest BCUT2D eigenvalue weighted by Gasteiger charge is -2.29. The molecular weight excluding hydrogens is 288 g/mol. The fourth-order valence-corrected chi connectivity index (χ4v) is 2.68. The minimum Gasteiger partial charge on any atom is -0.492 e. The van der Waals surface area contributed by atoms with Crippen LogP contribution in [0.5, 0.6) is 5.75 Å². The largest absolute Gasteiger partial charge is 0.492 e. The van der Waals surface area contributed by atoms with Gasteiger partial charge in [0.25, 0.3) is 0 Å². The standard InChI is InChI=1S/C15H26N2O3S/c1-12(2)15(3,4)11-17-21(18,19)14-7-5-13(6-8-14)20-10-9-16/h5-8,12,17H,9-11,16H2,1-4H3. The topological polar surface area (TPSA) is 81.4 Å². The Morgan fingerprint density at radius 1 is 1.24 bits per heavy atom. The summed E-state index contributed by atoms with van der Waals surface area (Å²) in [5.41, 5.74) is 5.25. The zero-order valence-corrected chi connectivity index (χ0v) is 14.0. The van der Waals surface area contributed by atoms with Crippen LogP contribution in [0.2, 0.25) is 0 Å². The van der Waals surface area contributed by atoms with Gasteiger partial charge in [-0.25, -0.2) is 13.1 Å². The second kappa shape index (κ2) is 7.24. The van der Waals surface area contributed by atoms with Crippen molar-refractivity contribution >= 4 is 10.0 Å². The highest BCUT2D eigenvalue weighted by molar-refractivity contribution is 7.89. The number of ether oxygens (including phenoxy) is 1. The molecule has 0 unspecified atom stereocenters. The fraction of sp³-hybridized carbons (Fsp3) is 0.600. The summed E-state index contributed by atoms with van der Waals surface area (Å²) in [4.78, 5) is 0.238. The van der Waals surface area contributed by atoms with E-state index in [2.05, 4.69) is 18.6 Å². The van der Waals surface area contributed by atoms with E-state index < -0.39 is 10.0 Å². The Kier molecular flexibility index (Phi) is 6.19. The Morgan fingerprint density at radius 3 is 2.29 bits per heavy atom. The molecule has 0 radical (unpaired) electrons. The van der Waals surface area contributed by atoms with Crippen LogP contribution in [0.1, 0.15) is 27.7 Å². The molecular formula is C15H26N2O3S. The van der Waals surface area contributed by atoms with Gasteiger partial charge in [-0.3, -0.25) is 0 Å². The molecule has 0 atom stereocenters. The second-order valence-electron chi connectivity index (χ2n) is 6.08. The van der Waals surface area contributed by atoms with Gasteiger partial charge in [0.2, 0.25) is 10.0 Å². The van der Waals surface area contributed by atoms with E-state index in [9.17, 15) is 8.42 Å². The summed E-state index contributed by atoms with van der Waals surface area (Å²) in [5.74, 6) is 0.995. The summed E-state index contributed by atoms with van der Waals surface area (Å²) >= 11 is 0. The summed E-state index contributed by atoms with van der Waals surface area (Å²) in [6.07, 6.45) is 0. The van der Waals surface area contributed by atoms with E-state index in [1.807, 2.05) is 13.8 Å². The first kappa shape index (κ1) is 17.9. The fourth-order valence-electron chi connectivity index (χ4n) is 1.46. The van der Waals surface area contributed by atoms with Crippen molar-refractivity contribution in [2.24, 2.45) is 17.1 Å². The van der Waals surface area contributed by atoms with Crippen molar-refractivity contribution in [3.63, 3.8) is 0 Å². The molecule has 0 spiro atoms. The van der Waals surface area contributed by atoms with Crippen LogP contribution in [0.25, 0.3) is 0 Å². The van der Waals surface area contributed by atoms with Crippen LogP contribution in [0, 0.1) is 11.3 Å². The Balaban J connectivity index is 2.74. The van der Waals surface area contributed by atoms with Crippen LogP contribution >= 0.6 is 0 Å². The molecule has 1 aromatic rings. The minimum absolute atomic E-state index is 0.1000. The van der Waals surface area contributed by atoms with E-state index in [1.54, 1.807) is 12.1 Å². The van der Waals surface area contributed by atoms with Crippen LogP contribution in [-0.2, 0) is 10.0 Å².